The van der Waals surface area contributed by atoms with Crippen molar-refractivity contribution in [2.24, 2.45) is 4.99 Å². The Balaban J connectivity index is 1.71. The molecular weight excluding hydrogens is 569 g/mol. The number of hydrogen-bond donors (Lipinski definition) is 0. The van der Waals surface area contributed by atoms with Gasteiger partial charge in [0, 0.05) is 22.6 Å². The molecule has 1 aliphatic heterocycles. The lowest BCUT2D eigenvalue weighted by molar-refractivity contribution is -0.139. The first-order chi connectivity index (χ1) is 19.2. The van der Waals surface area contributed by atoms with Crippen LogP contribution in [0.15, 0.2) is 69.6 Å². The van der Waals surface area contributed by atoms with Gasteiger partial charge in [-0.05, 0) is 69.7 Å². The van der Waals surface area contributed by atoms with Gasteiger partial charge < -0.3 is 14.0 Å². The van der Waals surface area contributed by atoms with Crippen LogP contribution in [0.1, 0.15) is 42.4 Å². The summed E-state index contributed by atoms with van der Waals surface area (Å²) < 4.78 is 15.1. The topological polar surface area (TPSA) is 74.8 Å². The van der Waals surface area contributed by atoms with E-state index in [1.807, 2.05) is 56.3 Å². The minimum absolute atomic E-state index is 0.202. The summed E-state index contributed by atoms with van der Waals surface area (Å²) in [7, 11) is 1.56. The fourth-order valence-corrected chi connectivity index (χ4v) is 6.40. The number of aromatic nitrogens is 2. The third-order valence-electron chi connectivity index (χ3n) is 6.87. The Bertz CT molecular complexity index is 1870. The molecule has 206 valence electrons. The third kappa shape index (κ3) is 4.80. The van der Waals surface area contributed by atoms with Crippen molar-refractivity contribution in [1.82, 2.24) is 9.13 Å². The van der Waals surface area contributed by atoms with Gasteiger partial charge in [-0.3, -0.25) is 9.36 Å². The number of thiazole rings is 1. The molecule has 3 heterocycles. The maximum atomic E-state index is 14.0. The van der Waals surface area contributed by atoms with E-state index in [0.29, 0.717) is 42.0 Å². The van der Waals surface area contributed by atoms with E-state index in [0.717, 1.165) is 22.6 Å². The van der Waals surface area contributed by atoms with Gasteiger partial charge in [-0.25, -0.2) is 9.79 Å². The quantitative estimate of drug-likeness (QED) is 0.275. The van der Waals surface area contributed by atoms with Crippen molar-refractivity contribution >= 4 is 46.6 Å². The number of nitrogens with zero attached hydrogens (tertiary/aromatic N) is 3. The van der Waals surface area contributed by atoms with Crippen LogP contribution in [-0.4, -0.2) is 28.8 Å². The maximum absolute atomic E-state index is 14.0. The number of benzene rings is 2. The molecule has 0 amide bonds. The molecule has 10 heteroatoms. The number of halogens is 2. The molecule has 0 fully saturated rings. The lowest BCUT2D eigenvalue weighted by Gasteiger charge is -2.25. The highest BCUT2D eigenvalue weighted by Gasteiger charge is 2.35. The van der Waals surface area contributed by atoms with E-state index >= 15 is 0 Å². The maximum Gasteiger partial charge on any atom is 0.338 e. The zero-order valence-electron chi connectivity index (χ0n) is 22.6. The van der Waals surface area contributed by atoms with Gasteiger partial charge in [0.15, 0.2) is 4.80 Å². The number of methoxy groups -OCH3 is 1. The van der Waals surface area contributed by atoms with Crippen molar-refractivity contribution in [3.63, 3.8) is 0 Å². The number of esters is 1. The molecule has 7 nitrogen and oxygen atoms in total. The zero-order chi connectivity index (χ0) is 28.7. The molecule has 1 atom stereocenters. The number of hydrogen-bond acceptors (Lipinski definition) is 6. The summed E-state index contributed by atoms with van der Waals surface area (Å²) in [4.78, 5) is 32.3. The number of carbonyl (C=O) groups is 1. The Hall–Kier alpha value is -3.59. The number of allylic oxidation sites excluding steroid dienone is 1. The first kappa shape index (κ1) is 28.0. The second-order valence-electron chi connectivity index (χ2n) is 9.30. The Morgan fingerprint density at radius 3 is 2.55 bits per heavy atom. The minimum atomic E-state index is -0.753. The van der Waals surface area contributed by atoms with Crippen LogP contribution < -0.4 is 19.6 Å². The summed E-state index contributed by atoms with van der Waals surface area (Å²) in [6.07, 6.45) is 1.86. The van der Waals surface area contributed by atoms with Crippen molar-refractivity contribution in [1.29, 1.82) is 0 Å². The summed E-state index contributed by atoms with van der Waals surface area (Å²) in [6.45, 7) is 7.68. The fourth-order valence-electron chi connectivity index (χ4n) is 5.07. The fraction of sp³-hybridized carbons (Fsp3) is 0.233. The molecule has 0 saturated heterocycles. The van der Waals surface area contributed by atoms with Gasteiger partial charge in [0.2, 0.25) is 0 Å². The number of aryl methyl sites for hydroxylation is 1. The molecule has 0 radical (unpaired) electrons. The van der Waals surface area contributed by atoms with E-state index in [4.69, 9.17) is 32.7 Å². The van der Waals surface area contributed by atoms with E-state index in [-0.39, 0.29) is 12.2 Å². The molecule has 2 aromatic heterocycles. The molecule has 5 rings (SSSR count). The lowest BCUT2D eigenvalue weighted by atomic mass is 9.95. The normalized spacial score (nSPS) is 15.2. The standard InChI is InChI=1S/C30H27Cl2N3O4S/c1-6-39-29(37)26-17(3)33-30-35(27(26)21-9-7-8-10-24(21)38-5)28(36)25(40-30)14-19-13-16(2)34(18(19)4)20-11-12-22(31)23(32)15-20/h7-15,27H,6H2,1-5H3/b25-14+/t27-/m0/s1. The number of ether oxygens (including phenoxy) is 2. The molecule has 1 aliphatic rings. The Morgan fingerprint density at radius 2 is 1.85 bits per heavy atom. The second kappa shape index (κ2) is 11.1. The smallest absolute Gasteiger partial charge is 0.338 e. The molecule has 2 aromatic carbocycles. The van der Waals surface area contributed by atoms with E-state index in [2.05, 4.69) is 9.56 Å². The van der Waals surface area contributed by atoms with Crippen molar-refractivity contribution < 1.29 is 14.3 Å². The van der Waals surface area contributed by atoms with Crippen molar-refractivity contribution in [2.75, 3.05) is 13.7 Å². The van der Waals surface area contributed by atoms with Crippen LogP contribution in [0, 0.1) is 13.8 Å². The molecule has 0 unspecified atom stereocenters. The van der Waals surface area contributed by atoms with Crippen molar-refractivity contribution in [2.45, 2.75) is 33.7 Å². The van der Waals surface area contributed by atoms with E-state index in [1.165, 1.54) is 11.3 Å². The van der Waals surface area contributed by atoms with Crippen LogP contribution in [0.25, 0.3) is 11.8 Å². The molecule has 40 heavy (non-hydrogen) atoms. The van der Waals surface area contributed by atoms with Crippen LogP contribution in [0.4, 0.5) is 0 Å². The molecule has 0 saturated carbocycles. The minimum Gasteiger partial charge on any atom is -0.496 e. The van der Waals surface area contributed by atoms with E-state index in [1.54, 1.807) is 37.7 Å². The Labute approximate surface area is 245 Å². The zero-order valence-corrected chi connectivity index (χ0v) is 24.9. The van der Waals surface area contributed by atoms with Crippen molar-refractivity contribution in [3.8, 4) is 11.4 Å². The SMILES string of the molecule is CCOC(=O)C1=C(C)N=c2s/c(=C/c3cc(C)n(-c4ccc(Cl)c(Cl)c4)c3C)c(=O)n2[C@H]1c1ccccc1OC. The van der Waals surface area contributed by atoms with Crippen LogP contribution in [0.3, 0.4) is 0 Å². The van der Waals surface area contributed by atoms with E-state index in [9.17, 15) is 9.59 Å². The van der Waals surface area contributed by atoms with Crippen LogP contribution in [0.5, 0.6) is 5.75 Å². The summed E-state index contributed by atoms with van der Waals surface area (Å²) in [5, 5.41) is 0.946. The van der Waals surface area contributed by atoms with Gasteiger partial charge in [0.25, 0.3) is 5.56 Å². The average molecular weight is 597 g/mol. The summed E-state index contributed by atoms with van der Waals surface area (Å²) in [5.74, 6) is 0.0443. The Morgan fingerprint density at radius 1 is 1.10 bits per heavy atom. The Kier molecular flexibility index (Phi) is 7.77. The van der Waals surface area contributed by atoms with Gasteiger partial charge >= 0.3 is 5.97 Å². The van der Waals surface area contributed by atoms with Crippen LogP contribution in [0.2, 0.25) is 10.0 Å². The van der Waals surface area contributed by atoms with Crippen molar-refractivity contribution in [3.05, 3.63) is 112 Å². The molecule has 4 aromatic rings. The predicted molar refractivity (Wildman–Crippen MR) is 159 cm³/mol. The monoisotopic (exact) mass is 595 g/mol. The molecular formula is C30H27Cl2N3O4S. The predicted octanol–water partition coefficient (Wildman–Crippen LogP) is 5.52. The third-order valence-corrected chi connectivity index (χ3v) is 8.59. The summed E-state index contributed by atoms with van der Waals surface area (Å²) in [5.41, 5.74) is 4.89. The first-order valence-corrected chi connectivity index (χ1v) is 14.2. The molecule has 0 spiro atoms. The second-order valence-corrected chi connectivity index (χ2v) is 11.1. The molecule has 0 bridgehead atoms. The van der Waals surface area contributed by atoms with Crippen LogP contribution >= 0.6 is 34.5 Å². The van der Waals surface area contributed by atoms with Gasteiger partial charge in [0.05, 0.1) is 39.6 Å². The summed E-state index contributed by atoms with van der Waals surface area (Å²) in [6, 6.07) is 14.1. The highest BCUT2D eigenvalue weighted by atomic mass is 35.5. The first-order valence-electron chi connectivity index (χ1n) is 12.6. The number of para-hydroxylation sites is 1. The van der Waals surface area contributed by atoms with Gasteiger partial charge in [-0.2, -0.15) is 0 Å². The van der Waals surface area contributed by atoms with E-state index < -0.39 is 12.0 Å². The highest BCUT2D eigenvalue weighted by Crippen LogP contribution is 2.35. The van der Waals surface area contributed by atoms with Crippen LogP contribution in [-0.2, 0) is 9.53 Å². The number of rotatable bonds is 6. The number of fused-ring (bicyclic) bond motifs is 1. The summed E-state index contributed by atoms with van der Waals surface area (Å²) >= 11 is 13.7. The largest absolute Gasteiger partial charge is 0.496 e. The van der Waals surface area contributed by atoms with Gasteiger partial charge in [-0.1, -0.05) is 52.7 Å². The average Bonchev–Trinajstić information content (AvgIpc) is 3.38. The molecule has 0 aliphatic carbocycles. The van der Waals surface area contributed by atoms with Gasteiger partial charge in [-0.15, -0.1) is 0 Å². The van der Waals surface area contributed by atoms with Gasteiger partial charge in [0.1, 0.15) is 11.8 Å². The molecule has 0 N–H and O–H groups in total. The highest BCUT2D eigenvalue weighted by molar-refractivity contribution is 7.07. The lowest BCUT2D eigenvalue weighted by Crippen LogP contribution is -2.40. The number of carbonyl (C=O) groups excluding carboxylic acids is 1.